The molecule has 0 saturated carbocycles. The van der Waals surface area contributed by atoms with Gasteiger partial charge in [0.2, 0.25) is 0 Å². The first-order chi connectivity index (χ1) is 8.16. The van der Waals surface area contributed by atoms with Gasteiger partial charge in [-0.2, -0.15) is 0 Å². The maximum absolute atomic E-state index is 8.11. The number of hydrogen-bond donors (Lipinski definition) is 1. The Morgan fingerprint density at radius 2 is 2.06 bits per heavy atom. The molecular weight excluding hydrogens is 296 g/mol. The Kier molecular flexibility index (Phi) is 3.97. The zero-order valence-electron chi connectivity index (χ0n) is 9.48. The number of nitrogens with one attached hydrogen (secondary N) is 1. The highest BCUT2D eigenvalue weighted by Crippen LogP contribution is 2.21. The first-order valence-corrected chi connectivity index (χ1v) is 6.92. The van der Waals surface area contributed by atoms with E-state index in [2.05, 4.69) is 27.4 Å². The molecule has 88 valence electrons. The Balaban J connectivity index is 2.06. The fourth-order valence-electron chi connectivity index (χ4n) is 1.60. The highest BCUT2D eigenvalue weighted by Gasteiger charge is 2.08. The number of thiophene rings is 1. The maximum atomic E-state index is 8.11. The molecule has 17 heavy (non-hydrogen) atoms. The van der Waals surface area contributed by atoms with Gasteiger partial charge in [-0.25, -0.2) is 0 Å². The van der Waals surface area contributed by atoms with Gasteiger partial charge in [0.15, 0.2) is 0 Å². The summed E-state index contributed by atoms with van der Waals surface area (Å²) in [6, 6.07) is 11.9. The summed E-state index contributed by atoms with van der Waals surface area (Å²) in [4.78, 5) is 1.95. The lowest BCUT2D eigenvalue weighted by Crippen LogP contribution is -2.25. The summed E-state index contributed by atoms with van der Waals surface area (Å²) in [5.41, 5.74) is 2.18. The summed E-state index contributed by atoms with van der Waals surface area (Å²) < 4.78 is 1.13. The molecular formula is C13H13BrN2S. The molecule has 1 heterocycles. The SMILES string of the molecule is CN(Cc1csc(Br)c1)C(=N)c1ccccc1. The molecule has 1 aromatic carbocycles. The molecule has 0 spiro atoms. The third-order valence-corrected chi connectivity index (χ3v) is 4.02. The molecule has 0 bridgehead atoms. The molecule has 0 amide bonds. The van der Waals surface area contributed by atoms with Gasteiger partial charge in [0, 0.05) is 19.2 Å². The van der Waals surface area contributed by atoms with E-state index in [4.69, 9.17) is 5.41 Å². The van der Waals surface area contributed by atoms with Crippen molar-refractivity contribution in [3.05, 3.63) is 56.7 Å². The Labute approximate surface area is 114 Å². The van der Waals surface area contributed by atoms with Crippen molar-refractivity contribution in [1.29, 1.82) is 5.41 Å². The van der Waals surface area contributed by atoms with Crippen molar-refractivity contribution in [1.82, 2.24) is 4.90 Å². The average Bonchev–Trinajstić information content (AvgIpc) is 2.75. The van der Waals surface area contributed by atoms with Crippen LogP contribution in [0, 0.1) is 5.41 Å². The minimum absolute atomic E-state index is 0.549. The van der Waals surface area contributed by atoms with Gasteiger partial charge in [0.25, 0.3) is 0 Å². The van der Waals surface area contributed by atoms with Crippen LogP contribution >= 0.6 is 27.3 Å². The molecule has 2 aromatic rings. The average molecular weight is 309 g/mol. The summed E-state index contributed by atoms with van der Waals surface area (Å²) in [5.74, 6) is 0.549. The monoisotopic (exact) mass is 308 g/mol. The van der Waals surface area contributed by atoms with Crippen LogP contribution < -0.4 is 0 Å². The fraction of sp³-hybridized carbons (Fsp3) is 0.154. The molecule has 2 rings (SSSR count). The van der Waals surface area contributed by atoms with Gasteiger partial charge in [-0.05, 0) is 32.9 Å². The molecule has 1 aromatic heterocycles. The van der Waals surface area contributed by atoms with Crippen molar-refractivity contribution in [3.8, 4) is 0 Å². The van der Waals surface area contributed by atoms with Crippen LogP contribution in [0.15, 0.2) is 45.6 Å². The largest absolute Gasteiger partial charge is 0.355 e. The van der Waals surface area contributed by atoms with Crippen molar-refractivity contribution in [2.24, 2.45) is 0 Å². The Morgan fingerprint density at radius 1 is 1.35 bits per heavy atom. The van der Waals surface area contributed by atoms with Crippen molar-refractivity contribution in [2.45, 2.75) is 6.54 Å². The lowest BCUT2D eigenvalue weighted by molar-refractivity contribution is 0.499. The van der Waals surface area contributed by atoms with Gasteiger partial charge >= 0.3 is 0 Å². The van der Waals surface area contributed by atoms with E-state index in [1.807, 2.05) is 42.3 Å². The van der Waals surface area contributed by atoms with E-state index in [-0.39, 0.29) is 0 Å². The highest BCUT2D eigenvalue weighted by molar-refractivity contribution is 9.11. The summed E-state index contributed by atoms with van der Waals surface area (Å²) in [5, 5.41) is 10.2. The van der Waals surface area contributed by atoms with Crippen LogP contribution in [0.25, 0.3) is 0 Å². The highest BCUT2D eigenvalue weighted by atomic mass is 79.9. The van der Waals surface area contributed by atoms with E-state index in [1.54, 1.807) is 11.3 Å². The lowest BCUT2D eigenvalue weighted by Gasteiger charge is -2.19. The van der Waals surface area contributed by atoms with Crippen molar-refractivity contribution < 1.29 is 0 Å². The van der Waals surface area contributed by atoms with Crippen molar-refractivity contribution in [2.75, 3.05) is 7.05 Å². The normalized spacial score (nSPS) is 10.2. The molecule has 0 saturated heterocycles. The van der Waals surface area contributed by atoms with Gasteiger partial charge in [-0.3, -0.25) is 5.41 Å². The van der Waals surface area contributed by atoms with E-state index >= 15 is 0 Å². The fourth-order valence-corrected chi connectivity index (χ4v) is 2.80. The van der Waals surface area contributed by atoms with Gasteiger partial charge in [-0.1, -0.05) is 30.3 Å². The second-order valence-corrected chi connectivity index (χ2v) is 6.12. The summed E-state index contributed by atoms with van der Waals surface area (Å²) >= 11 is 5.12. The number of nitrogens with zero attached hydrogens (tertiary/aromatic N) is 1. The topological polar surface area (TPSA) is 27.1 Å². The molecule has 4 heteroatoms. The standard InChI is InChI=1S/C13H13BrN2S/c1-16(8-10-7-12(14)17-9-10)13(15)11-5-3-2-4-6-11/h2-7,9,15H,8H2,1H3. The molecule has 0 aliphatic carbocycles. The minimum atomic E-state index is 0.549. The van der Waals surface area contributed by atoms with Crippen molar-refractivity contribution >= 4 is 33.1 Å². The molecule has 0 unspecified atom stereocenters. The minimum Gasteiger partial charge on any atom is -0.355 e. The van der Waals surface area contributed by atoms with Crippen LogP contribution in [0.4, 0.5) is 0 Å². The second kappa shape index (κ2) is 5.47. The molecule has 0 aliphatic heterocycles. The number of benzene rings is 1. The van der Waals surface area contributed by atoms with Crippen LogP contribution in [-0.4, -0.2) is 17.8 Å². The smallest absolute Gasteiger partial charge is 0.128 e. The zero-order chi connectivity index (χ0) is 12.3. The summed E-state index contributed by atoms with van der Waals surface area (Å²) in [7, 11) is 1.95. The Bertz CT molecular complexity index is 507. The third kappa shape index (κ3) is 3.17. The third-order valence-electron chi connectivity index (χ3n) is 2.47. The predicted octanol–water partition coefficient (Wildman–Crippen LogP) is 3.97. The van der Waals surface area contributed by atoms with Gasteiger partial charge in [0.05, 0.1) is 3.79 Å². The van der Waals surface area contributed by atoms with Crippen LogP contribution in [0.3, 0.4) is 0 Å². The Morgan fingerprint density at radius 3 is 2.65 bits per heavy atom. The van der Waals surface area contributed by atoms with E-state index < -0.39 is 0 Å². The van der Waals surface area contributed by atoms with Crippen LogP contribution in [0.2, 0.25) is 0 Å². The first-order valence-electron chi connectivity index (χ1n) is 5.25. The molecule has 1 N–H and O–H groups in total. The van der Waals surface area contributed by atoms with Crippen molar-refractivity contribution in [3.63, 3.8) is 0 Å². The van der Waals surface area contributed by atoms with Crippen LogP contribution in [0.5, 0.6) is 0 Å². The van der Waals surface area contributed by atoms with E-state index in [9.17, 15) is 0 Å². The van der Waals surface area contributed by atoms with Crippen LogP contribution in [-0.2, 0) is 6.54 Å². The first kappa shape index (κ1) is 12.3. The maximum Gasteiger partial charge on any atom is 0.128 e. The molecule has 0 radical (unpaired) electrons. The number of amidine groups is 1. The number of halogens is 1. The number of rotatable bonds is 3. The summed E-state index contributed by atoms with van der Waals surface area (Å²) in [6.45, 7) is 0.760. The quantitative estimate of drug-likeness (QED) is 0.674. The van der Waals surface area contributed by atoms with E-state index in [1.165, 1.54) is 5.56 Å². The zero-order valence-corrected chi connectivity index (χ0v) is 11.9. The molecule has 0 fully saturated rings. The Hall–Kier alpha value is -1.13. The molecule has 2 nitrogen and oxygen atoms in total. The summed E-state index contributed by atoms with van der Waals surface area (Å²) in [6.07, 6.45) is 0. The molecule has 0 aliphatic rings. The lowest BCUT2D eigenvalue weighted by atomic mass is 10.2. The second-order valence-electron chi connectivity index (χ2n) is 3.83. The van der Waals surface area contributed by atoms with Gasteiger partial charge < -0.3 is 4.90 Å². The number of hydrogen-bond acceptors (Lipinski definition) is 2. The van der Waals surface area contributed by atoms with E-state index in [0.717, 1.165) is 15.9 Å². The van der Waals surface area contributed by atoms with Crippen LogP contribution in [0.1, 0.15) is 11.1 Å². The molecule has 0 atom stereocenters. The van der Waals surface area contributed by atoms with E-state index in [0.29, 0.717) is 5.84 Å². The van der Waals surface area contributed by atoms with Gasteiger partial charge in [0.1, 0.15) is 5.84 Å². The van der Waals surface area contributed by atoms with Gasteiger partial charge in [-0.15, -0.1) is 11.3 Å². The predicted molar refractivity (Wildman–Crippen MR) is 76.8 cm³/mol.